The molecule has 0 aliphatic carbocycles. The van der Waals surface area contributed by atoms with Crippen molar-refractivity contribution in [1.82, 2.24) is 15.3 Å². The van der Waals surface area contributed by atoms with Gasteiger partial charge in [0.25, 0.3) is 0 Å². The van der Waals surface area contributed by atoms with Gasteiger partial charge in [-0.1, -0.05) is 13.0 Å². The minimum absolute atomic E-state index is 0.491. The topological polar surface area (TPSA) is 65.4 Å². The van der Waals surface area contributed by atoms with Crippen LogP contribution < -0.4 is 15.5 Å². The lowest BCUT2D eigenvalue weighted by Crippen LogP contribution is -2.38. The molecule has 0 spiro atoms. The van der Waals surface area contributed by atoms with E-state index in [1.165, 1.54) is 11.1 Å². The van der Waals surface area contributed by atoms with Crippen molar-refractivity contribution in [2.45, 2.75) is 46.2 Å². The Labute approximate surface area is 161 Å². The largest absolute Gasteiger partial charge is 0.340 e. The van der Waals surface area contributed by atoms with Gasteiger partial charge in [-0.3, -0.25) is 4.99 Å². The molecule has 2 aliphatic rings. The van der Waals surface area contributed by atoms with Crippen LogP contribution in [0, 0.1) is 13.8 Å². The fourth-order valence-corrected chi connectivity index (χ4v) is 3.65. The van der Waals surface area contributed by atoms with Crippen LogP contribution in [0.3, 0.4) is 0 Å². The highest BCUT2D eigenvalue weighted by Crippen LogP contribution is 2.26. The van der Waals surface area contributed by atoms with Gasteiger partial charge in [-0.15, -0.1) is 0 Å². The van der Waals surface area contributed by atoms with Gasteiger partial charge < -0.3 is 15.5 Å². The van der Waals surface area contributed by atoms with E-state index in [2.05, 4.69) is 59.5 Å². The molecule has 2 N–H and O–H groups in total. The molecular formula is C21H28N6. The summed E-state index contributed by atoms with van der Waals surface area (Å²) in [6.07, 6.45) is 4.17. The molecule has 6 nitrogen and oxygen atoms in total. The average Bonchev–Trinajstić information content (AvgIpc) is 3.00. The second kappa shape index (κ2) is 7.64. The molecule has 27 heavy (non-hydrogen) atoms. The van der Waals surface area contributed by atoms with Crippen LogP contribution in [0.15, 0.2) is 23.2 Å². The highest BCUT2D eigenvalue weighted by atomic mass is 15.3. The first-order valence-corrected chi connectivity index (χ1v) is 9.87. The zero-order chi connectivity index (χ0) is 18.8. The SMILES string of the molecule is CCC1CN(c2nc(C)c(C)c(Nc3ccc4c(c3)C=NC4)n2)CCCN1. The maximum atomic E-state index is 4.90. The molecule has 0 radical (unpaired) electrons. The third-order valence-electron chi connectivity index (χ3n) is 5.53. The molecular weight excluding hydrogens is 336 g/mol. The number of aryl methyl sites for hydroxylation is 1. The third kappa shape index (κ3) is 3.81. The van der Waals surface area contributed by atoms with E-state index in [1.54, 1.807) is 0 Å². The fraction of sp³-hybridized carbons (Fsp3) is 0.476. The van der Waals surface area contributed by atoms with Crippen LogP contribution in [-0.2, 0) is 6.54 Å². The first-order chi connectivity index (χ1) is 13.1. The summed E-state index contributed by atoms with van der Waals surface area (Å²) in [5, 5.41) is 7.12. The average molecular weight is 364 g/mol. The number of fused-ring (bicyclic) bond motifs is 1. The maximum absolute atomic E-state index is 4.90. The molecule has 2 aromatic rings. The first kappa shape index (κ1) is 17.9. The van der Waals surface area contributed by atoms with Gasteiger partial charge in [0.15, 0.2) is 0 Å². The molecule has 0 amide bonds. The molecule has 1 atom stereocenters. The second-order valence-corrected chi connectivity index (χ2v) is 7.45. The van der Waals surface area contributed by atoms with Gasteiger partial charge in [-0.05, 0) is 56.5 Å². The van der Waals surface area contributed by atoms with E-state index >= 15 is 0 Å². The van der Waals surface area contributed by atoms with E-state index in [4.69, 9.17) is 9.97 Å². The Morgan fingerprint density at radius 3 is 3.00 bits per heavy atom. The summed E-state index contributed by atoms with van der Waals surface area (Å²) in [6.45, 7) is 10.2. The molecule has 1 unspecified atom stereocenters. The third-order valence-corrected chi connectivity index (χ3v) is 5.53. The van der Waals surface area contributed by atoms with Crippen molar-refractivity contribution >= 4 is 23.7 Å². The molecule has 3 heterocycles. The molecule has 0 bridgehead atoms. The normalized spacial score (nSPS) is 19.1. The molecule has 1 fully saturated rings. The predicted octanol–water partition coefficient (Wildman–Crippen LogP) is 3.35. The molecule has 6 heteroatoms. The van der Waals surface area contributed by atoms with Gasteiger partial charge in [0.2, 0.25) is 5.95 Å². The summed E-state index contributed by atoms with van der Waals surface area (Å²) in [5.74, 6) is 1.71. The number of rotatable bonds is 4. The number of hydrogen-bond acceptors (Lipinski definition) is 6. The van der Waals surface area contributed by atoms with Crippen molar-refractivity contribution in [2.75, 3.05) is 29.9 Å². The molecule has 2 aliphatic heterocycles. The van der Waals surface area contributed by atoms with Crippen molar-refractivity contribution in [2.24, 2.45) is 4.99 Å². The minimum Gasteiger partial charge on any atom is -0.340 e. The van der Waals surface area contributed by atoms with Crippen LogP contribution in [0.1, 0.15) is 42.1 Å². The molecule has 4 rings (SSSR count). The summed E-state index contributed by atoms with van der Waals surface area (Å²) >= 11 is 0. The zero-order valence-corrected chi connectivity index (χ0v) is 16.4. The summed E-state index contributed by atoms with van der Waals surface area (Å²) in [7, 11) is 0. The second-order valence-electron chi connectivity index (χ2n) is 7.45. The van der Waals surface area contributed by atoms with Crippen LogP contribution in [0.4, 0.5) is 17.5 Å². The smallest absolute Gasteiger partial charge is 0.227 e. The number of aromatic nitrogens is 2. The van der Waals surface area contributed by atoms with Crippen LogP contribution in [-0.4, -0.2) is 41.9 Å². The highest BCUT2D eigenvalue weighted by Gasteiger charge is 2.20. The summed E-state index contributed by atoms with van der Waals surface area (Å²) in [6, 6.07) is 6.88. The van der Waals surface area contributed by atoms with E-state index in [1.807, 2.05) is 6.21 Å². The number of anilines is 3. The van der Waals surface area contributed by atoms with Gasteiger partial charge in [0, 0.05) is 42.3 Å². The Hall–Kier alpha value is -2.47. The molecule has 142 valence electrons. The van der Waals surface area contributed by atoms with Crippen molar-refractivity contribution in [3.63, 3.8) is 0 Å². The van der Waals surface area contributed by atoms with Gasteiger partial charge in [0.05, 0.1) is 6.54 Å². The fourth-order valence-electron chi connectivity index (χ4n) is 3.65. The van der Waals surface area contributed by atoms with Crippen molar-refractivity contribution in [3.05, 3.63) is 40.6 Å². The lowest BCUT2D eigenvalue weighted by atomic mass is 10.1. The van der Waals surface area contributed by atoms with Gasteiger partial charge in [-0.25, -0.2) is 4.98 Å². The van der Waals surface area contributed by atoms with Crippen molar-refractivity contribution < 1.29 is 0 Å². The molecule has 1 aromatic carbocycles. The highest BCUT2D eigenvalue weighted by molar-refractivity contribution is 5.86. The molecule has 0 saturated carbocycles. The summed E-state index contributed by atoms with van der Waals surface area (Å²) in [4.78, 5) is 16.4. The Kier molecular flexibility index (Phi) is 5.07. The van der Waals surface area contributed by atoms with Crippen LogP contribution in [0.2, 0.25) is 0 Å². The Bertz CT molecular complexity index is 860. The van der Waals surface area contributed by atoms with Crippen LogP contribution in [0.5, 0.6) is 0 Å². The van der Waals surface area contributed by atoms with Crippen LogP contribution in [0.25, 0.3) is 0 Å². The summed E-state index contributed by atoms with van der Waals surface area (Å²) < 4.78 is 0. The van der Waals surface area contributed by atoms with Gasteiger partial charge in [0.1, 0.15) is 5.82 Å². The van der Waals surface area contributed by atoms with Crippen LogP contribution >= 0.6 is 0 Å². The predicted molar refractivity (Wildman–Crippen MR) is 111 cm³/mol. The Morgan fingerprint density at radius 1 is 1.26 bits per heavy atom. The minimum atomic E-state index is 0.491. The van der Waals surface area contributed by atoms with Gasteiger partial charge in [-0.2, -0.15) is 4.98 Å². The van der Waals surface area contributed by atoms with E-state index in [9.17, 15) is 0 Å². The maximum Gasteiger partial charge on any atom is 0.227 e. The van der Waals surface area contributed by atoms with E-state index in [0.29, 0.717) is 6.04 Å². The lowest BCUT2D eigenvalue weighted by molar-refractivity contribution is 0.527. The number of benzene rings is 1. The summed E-state index contributed by atoms with van der Waals surface area (Å²) in [5.41, 5.74) is 5.62. The van der Waals surface area contributed by atoms with Crippen molar-refractivity contribution in [3.8, 4) is 0 Å². The number of nitrogens with one attached hydrogen (secondary N) is 2. The monoisotopic (exact) mass is 364 g/mol. The van der Waals surface area contributed by atoms with E-state index in [-0.39, 0.29) is 0 Å². The standard InChI is InChI=1S/C21H28N6/c1-4-18-13-27(9-5-8-23-18)21-24-15(3)14(2)20(26-21)25-19-7-6-16-11-22-12-17(16)10-19/h6-7,10,12,18,23H,4-5,8-9,11,13H2,1-3H3,(H,24,25,26). The van der Waals surface area contributed by atoms with E-state index < -0.39 is 0 Å². The zero-order valence-electron chi connectivity index (χ0n) is 16.4. The Morgan fingerprint density at radius 2 is 2.15 bits per heavy atom. The number of nitrogens with zero attached hydrogens (tertiary/aromatic N) is 4. The van der Waals surface area contributed by atoms with Gasteiger partial charge >= 0.3 is 0 Å². The Balaban J connectivity index is 1.62. The number of aliphatic imine (C=N–C) groups is 1. The van der Waals surface area contributed by atoms with Crippen molar-refractivity contribution in [1.29, 1.82) is 0 Å². The van der Waals surface area contributed by atoms with E-state index in [0.717, 1.165) is 67.7 Å². The molecule has 1 saturated heterocycles. The molecule has 1 aromatic heterocycles. The first-order valence-electron chi connectivity index (χ1n) is 9.87. The number of hydrogen-bond donors (Lipinski definition) is 2. The lowest BCUT2D eigenvalue weighted by Gasteiger charge is -2.25. The quantitative estimate of drug-likeness (QED) is 0.871.